The van der Waals surface area contributed by atoms with Gasteiger partial charge in [-0.3, -0.25) is 0 Å². The molecule has 0 N–H and O–H groups in total. The fourth-order valence-electron chi connectivity index (χ4n) is 1.28. The highest BCUT2D eigenvalue weighted by Gasteiger charge is 2.18. The Morgan fingerprint density at radius 2 is 2.07 bits per heavy atom. The predicted octanol–water partition coefficient (Wildman–Crippen LogP) is 3.88. The summed E-state index contributed by atoms with van der Waals surface area (Å²) in [4.78, 5) is 4.45. The molecule has 1 nitrogen and oxygen atoms in total. The van der Waals surface area contributed by atoms with Crippen LogP contribution in [0.1, 0.15) is 39.7 Å². The Labute approximate surface area is 91.3 Å². The van der Waals surface area contributed by atoms with Crippen molar-refractivity contribution in [2.24, 2.45) is 0 Å². The monoisotopic (exact) mass is 209 g/mol. The zero-order valence-corrected chi connectivity index (χ0v) is 10.3. The third-order valence-electron chi connectivity index (χ3n) is 2.02. The maximum atomic E-state index is 4.45. The minimum Gasteiger partial charge on any atom is -0.250 e. The smallest absolute Gasteiger partial charge is 0.0997 e. The first kappa shape index (κ1) is 11.6. The molecule has 0 saturated heterocycles. The van der Waals surface area contributed by atoms with Crippen molar-refractivity contribution >= 4 is 11.8 Å². The first-order valence-electron chi connectivity index (χ1n) is 5.14. The minimum atomic E-state index is 0.199. The van der Waals surface area contributed by atoms with Crippen molar-refractivity contribution in [2.75, 3.05) is 5.75 Å². The maximum absolute atomic E-state index is 4.45. The summed E-state index contributed by atoms with van der Waals surface area (Å²) in [7, 11) is 0. The first-order valence-corrected chi connectivity index (χ1v) is 6.12. The Kier molecular flexibility index (Phi) is 3.99. The summed E-state index contributed by atoms with van der Waals surface area (Å²) in [6, 6.07) is 4.21. The zero-order valence-electron chi connectivity index (χ0n) is 9.50. The van der Waals surface area contributed by atoms with E-state index in [1.807, 2.05) is 24.0 Å². The first-order chi connectivity index (χ1) is 6.55. The van der Waals surface area contributed by atoms with Gasteiger partial charge in [-0.25, -0.2) is 4.98 Å². The molecule has 0 unspecified atom stereocenters. The molecule has 0 aromatic carbocycles. The van der Waals surface area contributed by atoms with Gasteiger partial charge in [0.15, 0.2) is 0 Å². The van der Waals surface area contributed by atoms with Gasteiger partial charge < -0.3 is 0 Å². The lowest BCUT2D eigenvalue weighted by molar-refractivity contribution is 0.571. The van der Waals surface area contributed by atoms with E-state index in [1.54, 1.807) is 0 Å². The number of thioether (sulfide) groups is 1. The SMILES string of the molecule is CCCSc1ncccc1C(C)(C)C. The molecule has 78 valence electrons. The highest BCUT2D eigenvalue weighted by Crippen LogP contribution is 2.30. The van der Waals surface area contributed by atoms with Gasteiger partial charge in [0.2, 0.25) is 0 Å². The van der Waals surface area contributed by atoms with Crippen LogP contribution in [0.5, 0.6) is 0 Å². The quantitative estimate of drug-likeness (QED) is 0.701. The topological polar surface area (TPSA) is 12.9 Å². The van der Waals surface area contributed by atoms with Crippen LogP contribution in [0.4, 0.5) is 0 Å². The second-order valence-corrected chi connectivity index (χ2v) is 5.54. The molecule has 1 aromatic rings. The van der Waals surface area contributed by atoms with E-state index in [2.05, 4.69) is 38.7 Å². The van der Waals surface area contributed by atoms with E-state index in [9.17, 15) is 0 Å². The van der Waals surface area contributed by atoms with Gasteiger partial charge >= 0.3 is 0 Å². The average Bonchev–Trinajstić information content (AvgIpc) is 2.14. The molecule has 2 heteroatoms. The molecule has 0 aliphatic rings. The second kappa shape index (κ2) is 4.83. The van der Waals surface area contributed by atoms with Gasteiger partial charge in [-0.15, -0.1) is 11.8 Å². The van der Waals surface area contributed by atoms with Gasteiger partial charge in [0.1, 0.15) is 0 Å². The van der Waals surface area contributed by atoms with Gasteiger partial charge in [0.05, 0.1) is 5.03 Å². The molecule has 14 heavy (non-hydrogen) atoms. The van der Waals surface area contributed by atoms with Gasteiger partial charge in [-0.05, 0) is 29.2 Å². The van der Waals surface area contributed by atoms with E-state index in [0.29, 0.717) is 0 Å². The molecule has 0 spiro atoms. The molecular weight excluding hydrogens is 190 g/mol. The normalized spacial score (nSPS) is 11.7. The van der Waals surface area contributed by atoms with Crippen LogP contribution in [-0.4, -0.2) is 10.7 Å². The Hall–Kier alpha value is -0.500. The van der Waals surface area contributed by atoms with Crippen molar-refractivity contribution in [1.82, 2.24) is 4.98 Å². The Morgan fingerprint density at radius 1 is 1.36 bits per heavy atom. The zero-order chi connectivity index (χ0) is 10.6. The molecule has 0 aliphatic heterocycles. The van der Waals surface area contributed by atoms with Gasteiger partial charge in [0, 0.05) is 6.20 Å². The molecule has 0 radical (unpaired) electrons. The van der Waals surface area contributed by atoms with Crippen LogP contribution in [0.25, 0.3) is 0 Å². The lowest BCUT2D eigenvalue weighted by atomic mass is 9.88. The highest BCUT2D eigenvalue weighted by molar-refractivity contribution is 7.99. The number of hydrogen-bond donors (Lipinski definition) is 0. The van der Waals surface area contributed by atoms with Gasteiger partial charge in [-0.1, -0.05) is 33.8 Å². The summed E-state index contributed by atoms with van der Waals surface area (Å²) in [6.45, 7) is 8.91. The molecule has 0 aliphatic carbocycles. The molecule has 1 rings (SSSR count). The number of hydrogen-bond acceptors (Lipinski definition) is 2. The molecule has 0 atom stereocenters. The number of rotatable bonds is 3. The van der Waals surface area contributed by atoms with E-state index < -0.39 is 0 Å². The molecule has 1 heterocycles. The summed E-state index contributed by atoms with van der Waals surface area (Å²) >= 11 is 1.86. The largest absolute Gasteiger partial charge is 0.250 e. The van der Waals surface area contributed by atoms with Crippen LogP contribution in [0, 0.1) is 0 Å². The molecule has 0 saturated carbocycles. The van der Waals surface area contributed by atoms with Crippen molar-refractivity contribution in [2.45, 2.75) is 44.6 Å². The molecule has 1 aromatic heterocycles. The fraction of sp³-hybridized carbons (Fsp3) is 0.583. The van der Waals surface area contributed by atoms with E-state index in [0.717, 1.165) is 5.75 Å². The van der Waals surface area contributed by atoms with Crippen molar-refractivity contribution < 1.29 is 0 Å². The fourth-order valence-corrected chi connectivity index (χ4v) is 2.34. The van der Waals surface area contributed by atoms with Crippen LogP contribution in [0.3, 0.4) is 0 Å². The van der Waals surface area contributed by atoms with E-state index in [-0.39, 0.29) is 5.41 Å². The van der Waals surface area contributed by atoms with Crippen molar-refractivity contribution in [3.05, 3.63) is 23.9 Å². The molecule has 0 amide bonds. The highest BCUT2D eigenvalue weighted by atomic mass is 32.2. The summed E-state index contributed by atoms with van der Waals surface area (Å²) in [5, 5.41) is 1.20. The van der Waals surface area contributed by atoms with Crippen molar-refractivity contribution in [1.29, 1.82) is 0 Å². The average molecular weight is 209 g/mol. The van der Waals surface area contributed by atoms with Crippen molar-refractivity contribution in [3.63, 3.8) is 0 Å². The third-order valence-corrected chi connectivity index (χ3v) is 3.23. The second-order valence-electron chi connectivity index (χ2n) is 4.45. The number of nitrogens with zero attached hydrogens (tertiary/aromatic N) is 1. The Balaban J connectivity index is 2.92. The summed E-state index contributed by atoms with van der Waals surface area (Å²) < 4.78 is 0. The van der Waals surface area contributed by atoms with Crippen LogP contribution in [-0.2, 0) is 5.41 Å². The minimum absolute atomic E-state index is 0.199. The summed E-state index contributed by atoms with van der Waals surface area (Å²) in [6.07, 6.45) is 3.08. The lowest BCUT2D eigenvalue weighted by Gasteiger charge is -2.21. The Morgan fingerprint density at radius 3 is 2.64 bits per heavy atom. The maximum Gasteiger partial charge on any atom is 0.0997 e. The standard InChI is InChI=1S/C12H19NS/c1-5-9-14-11-10(12(2,3)4)7-6-8-13-11/h6-8H,5,9H2,1-4H3. The third kappa shape index (κ3) is 3.02. The van der Waals surface area contributed by atoms with Gasteiger partial charge in [-0.2, -0.15) is 0 Å². The molecular formula is C12H19NS. The summed E-state index contributed by atoms with van der Waals surface area (Å²) in [5.41, 5.74) is 1.56. The predicted molar refractivity (Wildman–Crippen MR) is 64.0 cm³/mol. The lowest BCUT2D eigenvalue weighted by Crippen LogP contribution is -2.13. The van der Waals surface area contributed by atoms with Crippen LogP contribution < -0.4 is 0 Å². The molecule has 0 fully saturated rings. The van der Waals surface area contributed by atoms with Crippen LogP contribution in [0.2, 0.25) is 0 Å². The number of pyridine rings is 1. The number of aromatic nitrogens is 1. The molecule has 0 bridgehead atoms. The van der Waals surface area contributed by atoms with E-state index in [1.165, 1.54) is 17.0 Å². The summed E-state index contributed by atoms with van der Waals surface area (Å²) in [5.74, 6) is 1.15. The Bertz CT molecular complexity index is 289. The van der Waals surface area contributed by atoms with Crippen LogP contribution >= 0.6 is 11.8 Å². The van der Waals surface area contributed by atoms with E-state index in [4.69, 9.17) is 0 Å². The van der Waals surface area contributed by atoms with Crippen molar-refractivity contribution in [3.8, 4) is 0 Å². The van der Waals surface area contributed by atoms with Gasteiger partial charge in [0.25, 0.3) is 0 Å². The van der Waals surface area contributed by atoms with Crippen LogP contribution in [0.15, 0.2) is 23.4 Å². The van der Waals surface area contributed by atoms with E-state index >= 15 is 0 Å².